The molecule has 1 aromatic rings. The molecule has 0 spiro atoms. The number of unbranched alkanes of at least 4 members (excludes halogenated alkanes) is 2. The molecule has 0 radical (unpaired) electrons. The van der Waals surface area contributed by atoms with Crippen molar-refractivity contribution in [3.05, 3.63) is 30.3 Å². The van der Waals surface area contributed by atoms with Crippen LogP contribution in [0.3, 0.4) is 0 Å². The highest BCUT2D eigenvalue weighted by Gasteiger charge is 2.55. The van der Waals surface area contributed by atoms with E-state index < -0.39 is 0 Å². The molecule has 1 aliphatic heterocycles. The fraction of sp³-hybridized carbons (Fsp3) is 0.647. The predicted molar refractivity (Wildman–Crippen MR) is 78.3 cm³/mol. The fourth-order valence-corrected chi connectivity index (χ4v) is 2.47. The molecule has 1 aliphatic rings. The largest absolute Gasteiger partial charge is 0.460 e. The number of ether oxygens (including phenoxy) is 2. The van der Waals surface area contributed by atoms with Crippen LogP contribution in [0.1, 0.15) is 52.9 Å². The summed E-state index contributed by atoms with van der Waals surface area (Å²) >= 11 is 0. The van der Waals surface area contributed by atoms with Crippen LogP contribution in [0.4, 0.5) is 0 Å². The van der Waals surface area contributed by atoms with Gasteiger partial charge in [0, 0.05) is 6.42 Å². The second-order valence-electron chi connectivity index (χ2n) is 5.98. The second-order valence-corrected chi connectivity index (χ2v) is 5.98. The van der Waals surface area contributed by atoms with Gasteiger partial charge in [-0.2, -0.15) is 0 Å². The van der Waals surface area contributed by atoms with Gasteiger partial charge >= 0.3 is 0 Å². The zero-order valence-corrected chi connectivity index (χ0v) is 12.4. The summed E-state index contributed by atoms with van der Waals surface area (Å²) in [5.41, 5.74) is 0. The average Bonchev–Trinajstić information content (AvgIpc) is 3.00. The van der Waals surface area contributed by atoms with Gasteiger partial charge in [-0.05, 0) is 31.4 Å². The van der Waals surface area contributed by atoms with E-state index in [2.05, 4.69) is 20.8 Å². The topological polar surface area (TPSA) is 21.8 Å². The number of hydrogen-bond acceptors (Lipinski definition) is 2. The number of para-hydroxylation sites is 1. The molecule has 1 heterocycles. The summed E-state index contributed by atoms with van der Waals surface area (Å²) in [6.07, 6.45) is 6.31. The van der Waals surface area contributed by atoms with Crippen LogP contribution in [0.2, 0.25) is 0 Å². The Bertz CT molecular complexity index is 374. The molecule has 2 atom stereocenters. The van der Waals surface area contributed by atoms with Crippen molar-refractivity contribution in [2.75, 3.05) is 0 Å². The van der Waals surface area contributed by atoms with Crippen LogP contribution in [0.15, 0.2) is 30.3 Å². The third-order valence-corrected chi connectivity index (χ3v) is 3.78. The van der Waals surface area contributed by atoms with E-state index in [0.29, 0.717) is 0 Å². The summed E-state index contributed by atoms with van der Waals surface area (Å²) in [5.74, 6) is 1.37. The highest BCUT2D eigenvalue weighted by atomic mass is 16.8. The molecule has 2 nitrogen and oxygen atoms in total. The quantitative estimate of drug-likeness (QED) is 0.496. The maximum Gasteiger partial charge on any atom is 0.237 e. The fourth-order valence-electron chi connectivity index (χ4n) is 2.47. The van der Waals surface area contributed by atoms with Gasteiger partial charge in [-0.1, -0.05) is 51.3 Å². The minimum atomic E-state index is -0.348. The van der Waals surface area contributed by atoms with Crippen LogP contribution in [-0.4, -0.2) is 11.9 Å². The first-order valence-electron chi connectivity index (χ1n) is 7.54. The maximum atomic E-state index is 6.03. The van der Waals surface area contributed by atoms with E-state index in [1.165, 1.54) is 25.7 Å². The molecule has 1 fully saturated rings. The summed E-state index contributed by atoms with van der Waals surface area (Å²) in [6.45, 7) is 6.66. The van der Waals surface area contributed by atoms with Crippen molar-refractivity contribution in [3.63, 3.8) is 0 Å². The van der Waals surface area contributed by atoms with Gasteiger partial charge < -0.3 is 9.47 Å². The Morgan fingerprint density at radius 2 is 1.84 bits per heavy atom. The van der Waals surface area contributed by atoms with Crippen molar-refractivity contribution in [2.24, 2.45) is 5.92 Å². The van der Waals surface area contributed by atoms with Crippen LogP contribution in [0.25, 0.3) is 0 Å². The highest BCUT2D eigenvalue weighted by molar-refractivity contribution is 5.22. The molecule has 1 saturated heterocycles. The Kier molecular flexibility index (Phi) is 4.87. The summed E-state index contributed by atoms with van der Waals surface area (Å²) in [7, 11) is 0. The molecule has 0 bridgehead atoms. The zero-order valence-electron chi connectivity index (χ0n) is 12.4. The molecular weight excluding hydrogens is 236 g/mol. The van der Waals surface area contributed by atoms with E-state index in [9.17, 15) is 0 Å². The standard InChI is InChI=1S/C17H26O2/c1-14(2)10-6-5-9-13-17(15(3)18-17)19-16-11-7-4-8-12-16/h4,7-8,11-12,14-15H,5-6,9-10,13H2,1-3H3. The highest BCUT2D eigenvalue weighted by Crippen LogP contribution is 2.42. The van der Waals surface area contributed by atoms with Crippen LogP contribution >= 0.6 is 0 Å². The van der Waals surface area contributed by atoms with Crippen LogP contribution in [0, 0.1) is 5.92 Å². The molecule has 0 aromatic heterocycles. The lowest BCUT2D eigenvalue weighted by molar-refractivity contribution is 0.0512. The van der Waals surface area contributed by atoms with Crippen molar-refractivity contribution in [1.29, 1.82) is 0 Å². The van der Waals surface area contributed by atoms with Crippen molar-refractivity contribution >= 4 is 0 Å². The minimum absolute atomic E-state index is 0.220. The molecule has 2 unspecified atom stereocenters. The average molecular weight is 262 g/mol. The lowest BCUT2D eigenvalue weighted by atomic mass is 10.0. The van der Waals surface area contributed by atoms with Crippen molar-refractivity contribution in [2.45, 2.75) is 64.8 Å². The van der Waals surface area contributed by atoms with Gasteiger partial charge in [0.15, 0.2) is 0 Å². The molecule has 0 aliphatic carbocycles. The molecule has 2 rings (SSSR count). The monoisotopic (exact) mass is 262 g/mol. The lowest BCUT2D eigenvalue weighted by Gasteiger charge is -2.15. The van der Waals surface area contributed by atoms with E-state index in [-0.39, 0.29) is 11.9 Å². The maximum absolute atomic E-state index is 6.03. The van der Waals surface area contributed by atoms with Crippen LogP contribution in [-0.2, 0) is 4.74 Å². The van der Waals surface area contributed by atoms with Gasteiger partial charge in [0.1, 0.15) is 11.9 Å². The van der Waals surface area contributed by atoms with E-state index >= 15 is 0 Å². The Hall–Kier alpha value is -1.02. The molecular formula is C17H26O2. The van der Waals surface area contributed by atoms with Gasteiger partial charge in [-0.15, -0.1) is 0 Å². The third kappa shape index (κ3) is 4.24. The van der Waals surface area contributed by atoms with E-state index in [1.54, 1.807) is 0 Å². The molecule has 1 aromatic carbocycles. The summed E-state index contributed by atoms with van der Waals surface area (Å²) in [6, 6.07) is 9.99. The van der Waals surface area contributed by atoms with Crippen LogP contribution in [0.5, 0.6) is 5.75 Å². The molecule has 2 heteroatoms. The number of epoxide rings is 1. The second kappa shape index (κ2) is 6.42. The first kappa shape index (κ1) is 14.4. The number of hydrogen-bond donors (Lipinski definition) is 0. The van der Waals surface area contributed by atoms with Crippen molar-refractivity contribution in [1.82, 2.24) is 0 Å². The van der Waals surface area contributed by atoms with Crippen LogP contribution < -0.4 is 4.74 Å². The Labute approximate surface area is 117 Å². The van der Waals surface area contributed by atoms with Gasteiger partial charge in [0.25, 0.3) is 0 Å². The molecule has 0 amide bonds. The lowest BCUT2D eigenvalue weighted by Crippen LogP contribution is -2.22. The van der Waals surface area contributed by atoms with Gasteiger partial charge in [-0.3, -0.25) is 0 Å². The zero-order chi connectivity index (χ0) is 13.7. The van der Waals surface area contributed by atoms with E-state index in [1.807, 2.05) is 30.3 Å². The summed E-state index contributed by atoms with van der Waals surface area (Å²) < 4.78 is 11.7. The van der Waals surface area contributed by atoms with Gasteiger partial charge in [-0.25, -0.2) is 0 Å². The smallest absolute Gasteiger partial charge is 0.237 e. The molecule has 106 valence electrons. The van der Waals surface area contributed by atoms with E-state index in [0.717, 1.165) is 18.1 Å². The molecule has 0 saturated carbocycles. The first-order chi connectivity index (χ1) is 9.12. The molecule has 19 heavy (non-hydrogen) atoms. The SMILES string of the molecule is CC(C)CCCCCC1(Oc2ccccc2)OC1C. The third-order valence-electron chi connectivity index (χ3n) is 3.78. The predicted octanol–water partition coefficient (Wildman–Crippen LogP) is 4.79. The Morgan fingerprint density at radius 3 is 2.42 bits per heavy atom. The molecule has 0 N–H and O–H groups in total. The van der Waals surface area contributed by atoms with Crippen molar-refractivity contribution in [3.8, 4) is 5.75 Å². The Morgan fingerprint density at radius 1 is 1.16 bits per heavy atom. The Balaban J connectivity index is 1.74. The first-order valence-corrected chi connectivity index (χ1v) is 7.54. The normalized spacial score (nSPS) is 25.6. The minimum Gasteiger partial charge on any atom is -0.460 e. The van der Waals surface area contributed by atoms with Gasteiger partial charge in [0.2, 0.25) is 5.79 Å². The van der Waals surface area contributed by atoms with Gasteiger partial charge in [0.05, 0.1) is 0 Å². The number of benzene rings is 1. The number of rotatable bonds is 8. The van der Waals surface area contributed by atoms with Crippen molar-refractivity contribution < 1.29 is 9.47 Å². The summed E-state index contributed by atoms with van der Waals surface area (Å²) in [5, 5.41) is 0. The summed E-state index contributed by atoms with van der Waals surface area (Å²) in [4.78, 5) is 0. The van der Waals surface area contributed by atoms with E-state index in [4.69, 9.17) is 9.47 Å².